The van der Waals surface area contributed by atoms with E-state index in [0.29, 0.717) is 46.5 Å². The number of sulfonamides is 1. The fraction of sp³-hybridized carbons (Fsp3) is 0.194. The summed E-state index contributed by atoms with van der Waals surface area (Å²) in [5.74, 6) is -0.507. The van der Waals surface area contributed by atoms with Crippen LogP contribution < -0.4 is 9.88 Å². The highest BCUT2D eigenvalue weighted by atomic mass is 32.2. The minimum Gasteiger partial charge on any atom is -0.497 e. The molecule has 5 aromatic rings. The highest BCUT2D eigenvalue weighted by molar-refractivity contribution is 7.89. The first kappa shape index (κ1) is 28.7. The van der Waals surface area contributed by atoms with Crippen molar-refractivity contribution in [1.82, 2.24) is 14.8 Å². The van der Waals surface area contributed by atoms with Crippen LogP contribution in [0.2, 0.25) is 0 Å². The number of nitrogens with two attached hydrogens (primary N) is 1. The van der Waals surface area contributed by atoms with E-state index in [1.165, 1.54) is 41.0 Å². The number of thiazole rings is 1. The van der Waals surface area contributed by atoms with E-state index in [0.717, 1.165) is 35.2 Å². The van der Waals surface area contributed by atoms with Gasteiger partial charge in [-0.2, -0.15) is 5.10 Å². The Balaban J connectivity index is 1.53. The number of aromatic carboxylic acids is 1. The van der Waals surface area contributed by atoms with Crippen LogP contribution in [-0.4, -0.2) is 41.4 Å². The van der Waals surface area contributed by atoms with Gasteiger partial charge in [0, 0.05) is 22.9 Å². The van der Waals surface area contributed by atoms with E-state index in [4.69, 9.17) is 15.0 Å². The number of ether oxygens (including phenoxy) is 1. The Bertz CT molecular complexity index is 1950. The number of aromatic nitrogens is 3. The van der Waals surface area contributed by atoms with Crippen LogP contribution in [0.25, 0.3) is 27.5 Å². The van der Waals surface area contributed by atoms with Gasteiger partial charge in [0.1, 0.15) is 11.6 Å². The van der Waals surface area contributed by atoms with E-state index in [9.17, 15) is 18.3 Å². The van der Waals surface area contributed by atoms with Gasteiger partial charge >= 0.3 is 5.97 Å². The van der Waals surface area contributed by atoms with Crippen molar-refractivity contribution in [3.63, 3.8) is 0 Å². The summed E-state index contributed by atoms with van der Waals surface area (Å²) >= 11 is 1.17. The Kier molecular flexibility index (Phi) is 7.59. The van der Waals surface area contributed by atoms with Gasteiger partial charge in [0.2, 0.25) is 15.2 Å². The molecule has 0 unspecified atom stereocenters. The molecule has 0 radical (unpaired) electrons. The van der Waals surface area contributed by atoms with Gasteiger partial charge < -0.3 is 9.84 Å². The first-order chi connectivity index (χ1) is 20.6. The molecule has 1 aliphatic rings. The van der Waals surface area contributed by atoms with E-state index in [2.05, 4.69) is 4.98 Å². The molecule has 1 aliphatic carbocycles. The van der Waals surface area contributed by atoms with Gasteiger partial charge in [-0.25, -0.2) is 32.4 Å². The summed E-state index contributed by atoms with van der Waals surface area (Å²) in [5.41, 5.74) is 4.88. The van der Waals surface area contributed by atoms with E-state index >= 15 is 4.39 Å². The van der Waals surface area contributed by atoms with Crippen molar-refractivity contribution in [2.45, 2.75) is 30.6 Å². The maximum absolute atomic E-state index is 15.2. The molecule has 0 spiro atoms. The fourth-order valence-electron chi connectivity index (χ4n) is 5.02. The van der Waals surface area contributed by atoms with E-state index < -0.39 is 21.8 Å². The summed E-state index contributed by atoms with van der Waals surface area (Å²) in [6, 6.07) is 18.4. The number of halogens is 1. The molecule has 0 bridgehead atoms. The summed E-state index contributed by atoms with van der Waals surface area (Å²) < 4.78 is 45.9. The number of methoxy groups -OCH3 is 1. The lowest BCUT2D eigenvalue weighted by atomic mass is 9.95. The number of carbonyl (C=O) groups is 1. The van der Waals surface area contributed by atoms with Crippen LogP contribution >= 0.6 is 11.3 Å². The van der Waals surface area contributed by atoms with Crippen LogP contribution in [0.3, 0.4) is 0 Å². The third-order valence-corrected chi connectivity index (χ3v) is 9.11. The average molecular weight is 619 g/mol. The number of hydrogen-bond acceptors (Lipinski definition) is 7. The Morgan fingerprint density at radius 3 is 2.49 bits per heavy atom. The molecule has 3 aromatic carbocycles. The number of carboxylic acid groups (broad SMARTS) is 1. The van der Waals surface area contributed by atoms with E-state index in [1.807, 2.05) is 30.3 Å². The zero-order valence-corrected chi connectivity index (χ0v) is 24.7. The van der Waals surface area contributed by atoms with Crippen LogP contribution in [0, 0.1) is 11.7 Å². The number of rotatable bonds is 10. The third-order valence-electron chi connectivity index (χ3n) is 7.37. The quantitative estimate of drug-likeness (QED) is 0.205. The molecule has 9 nitrogen and oxygen atoms in total. The molecule has 0 saturated heterocycles. The highest BCUT2D eigenvalue weighted by Gasteiger charge is 2.29. The molecule has 220 valence electrons. The lowest BCUT2D eigenvalue weighted by Gasteiger charge is -2.10. The first-order valence-corrected chi connectivity index (χ1v) is 15.9. The van der Waals surface area contributed by atoms with E-state index in [-0.39, 0.29) is 10.6 Å². The largest absolute Gasteiger partial charge is 0.497 e. The molecule has 6 rings (SSSR count). The number of benzene rings is 3. The average Bonchev–Trinajstić information content (AvgIpc) is 3.54. The molecule has 43 heavy (non-hydrogen) atoms. The predicted octanol–water partition coefficient (Wildman–Crippen LogP) is 5.70. The van der Waals surface area contributed by atoms with Crippen LogP contribution in [0.4, 0.5) is 4.39 Å². The van der Waals surface area contributed by atoms with Crippen LogP contribution in [-0.2, 0) is 22.9 Å². The maximum atomic E-state index is 15.2. The second-order valence-corrected chi connectivity index (χ2v) is 12.9. The fourth-order valence-corrected chi connectivity index (χ4v) is 6.31. The van der Waals surface area contributed by atoms with Gasteiger partial charge in [0.05, 0.1) is 23.4 Å². The SMILES string of the molecule is COc1cccc(-c2cc(F)cc(-c3nn(-c4nc(C(=O)O)cs4)c(CC4CC4)c3Cc3ccc(S(N)(=O)=O)cc3)c2)c1. The Hall–Kier alpha value is -4.39. The van der Waals surface area contributed by atoms with Gasteiger partial charge in [0.15, 0.2) is 5.69 Å². The molecule has 3 N–H and O–H groups in total. The summed E-state index contributed by atoms with van der Waals surface area (Å²) in [5, 5.41) is 21.6. The Morgan fingerprint density at radius 2 is 1.84 bits per heavy atom. The minimum absolute atomic E-state index is 0.00224. The van der Waals surface area contributed by atoms with Gasteiger partial charge in [-0.3, -0.25) is 0 Å². The number of carboxylic acids is 1. The molecule has 1 saturated carbocycles. The molecule has 2 heterocycles. The van der Waals surface area contributed by atoms with Gasteiger partial charge in [-0.1, -0.05) is 24.3 Å². The Labute approximate surface area is 251 Å². The smallest absolute Gasteiger partial charge is 0.355 e. The zero-order valence-electron chi connectivity index (χ0n) is 23.0. The van der Waals surface area contributed by atoms with Crippen molar-refractivity contribution < 1.29 is 27.4 Å². The predicted molar refractivity (Wildman–Crippen MR) is 161 cm³/mol. The van der Waals surface area contributed by atoms with Gasteiger partial charge in [-0.15, -0.1) is 11.3 Å². The second kappa shape index (κ2) is 11.4. The van der Waals surface area contributed by atoms with Crippen molar-refractivity contribution in [2.75, 3.05) is 7.11 Å². The van der Waals surface area contributed by atoms with E-state index in [1.54, 1.807) is 23.9 Å². The molecule has 0 atom stereocenters. The topological polar surface area (TPSA) is 137 Å². The van der Waals surface area contributed by atoms with Gasteiger partial charge in [0.25, 0.3) is 0 Å². The summed E-state index contributed by atoms with van der Waals surface area (Å²) in [7, 11) is -2.29. The molecule has 1 fully saturated rings. The lowest BCUT2D eigenvalue weighted by molar-refractivity contribution is 0.0691. The summed E-state index contributed by atoms with van der Waals surface area (Å²) in [6.45, 7) is 0. The minimum atomic E-state index is -3.86. The normalized spacial score (nSPS) is 13.3. The van der Waals surface area contributed by atoms with Crippen LogP contribution in [0.15, 0.2) is 77.0 Å². The number of nitrogens with zero attached hydrogens (tertiary/aromatic N) is 3. The van der Waals surface area contributed by atoms with Crippen LogP contribution in [0.1, 0.15) is 40.2 Å². The standard InChI is InChI=1S/C31H27FN4O5S2/c1-41-24-4-2-3-20(16-24)21-13-22(15-23(32)14-21)29-26(11-18-7-9-25(10-8-18)43(33,39)40)28(12-19-5-6-19)36(35-29)31-34-27(17-42-31)30(37)38/h2-4,7-10,13-17,19H,5-6,11-12H2,1H3,(H,37,38)(H2,33,39,40). The Morgan fingerprint density at radius 1 is 1.09 bits per heavy atom. The lowest BCUT2D eigenvalue weighted by Crippen LogP contribution is -2.12. The van der Waals surface area contributed by atoms with Gasteiger partial charge in [-0.05, 0) is 84.3 Å². The number of primary sulfonamides is 1. The molecule has 0 amide bonds. The third kappa shape index (κ3) is 6.21. The molecule has 0 aliphatic heterocycles. The van der Waals surface area contributed by atoms with Crippen molar-refractivity contribution in [2.24, 2.45) is 11.1 Å². The number of hydrogen-bond donors (Lipinski definition) is 2. The molecular weight excluding hydrogens is 591 g/mol. The summed E-state index contributed by atoms with van der Waals surface area (Å²) in [6.07, 6.45) is 3.16. The van der Waals surface area contributed by atoms with Crippen molar-refractivity contribution in [3.8, 4) is 33.3 Å². The second-order valence-electron chi connectivity index (χ2n) is 10.5. The van der Waals surface area contributed by atoms with Crippen molar-refractivity contribution >= 4 is 27.3 Å². The zero-order chi connectivity index (χ0) is 30.3. The van der Waals surface area contributed by atoms with Crippen molar-refractivity contribution in [1.29, 1.82) is 0 Å². The monoisotopic (exact) mass is 618 g/mol. The maximum Gasteiger partial charge on any atom is 0.355 e. The summed E-state index contributed by atoms with van der Waals surface area (Å²) in [4.78, 5) is 15.9. The molecule has 2 aromatic heterocycles. The first-order valence-electron chi connectivity index (χ1n) is 13.5. The molecule has 12 heteroatoms. The highest BCUT2D eigenvalue weighted by Crippen LogP contribution is 2.39. The molecular formula is C31H27FN4O5S2. The van der Waals surface area contributed by atoms with Crippen LogP contribution in [0.5, 0.6) is 5.75 Å². The van der Waals surface area contributed by atoms with Crippen molar-refractivity contribution in [3.05, 3.63) is 100 Å².